The van der Waals surface area contributed by atoms with Gasteiger partial charge in [0.1, 0.15) is 6.61 Å². The molecule has 1 heterocycles. The fourth-order valence-electron chi connectivity index (χ4n) is 3.25. The van der Waals surface area contributed by atoms with Crippen LogP contribution in [0.5, 0.6) is 0 Å². The summed E-state index contributed by atoms with van der Waals surface area (Å²) in [5.74, 6) is -1.91. The topological polar surface area (TPSA) is 73.9 Å². The minimum absolute atomic E-state index is 0.00762. The summed E-state index contributed by atoms with van der Waals surface area (Å²) in [6, 6.07) is 14.2. The molecule has 0 unspecified atom stereocenters. The summed E-state index contributed by atoms with van der Waals surface area (Å²) in [6.07, 6.45) is -3.96. The van der Waals surface area contributed by atoms with Gasteiger partial charge in [0.05, 0.1) is 11.2 Å². The number of hydrogen-bond donors (Lipinski definition) is 1. The Hall–Kier alpha value is -3.11. The molecule has 35 heavy (non-hydrogen) atoms. The molecule has 1 N–H and O–H groups in total. The van der Waals surface area contributed by atoms with Crippen LogP contribution in [-0.2, 0) is 20.7 Å². The molecule has 0 aromatic heterocycles. The van der Waals surface area contributed by atoms with Crippen molar-refractivity contribution >= 4 is 25.1 Å². The molecule has 2 aromatic carbocycles. The van der Waals surface area contributed by atoms with E-state index < -0.39 is 41.9 Å². The Morgan fingerprint density at radius 3 is 2.09 bits per heavy atom. The second-order valence-corrected chi connectivity index (χ2v) is 9.17. The molecule has 0 saturated carbocycles. The normalized spacial score (nSPS) is 17.2. The summed E-state index contributed by atoms with van der Waals surface area (Å²) >= 11 is 0. The molecule has 10 heteroatoms. The molecule has 3 rings (SSSR count). The number of alkyl halides is 3. The van der Waals surface area contributed by atoms with E-state index in [-0.39, 0.29) is 13.2 Å². The van der Waals surface area contributed by atoms with Gasteiger partial charge < -0.3 is 19.4 Å². The highest BCUT2D eigenvalue weighted by atomic mass is 19.4. The van der Waals surface area contributed by atoms with E-state index in [1.54, 1.807) is 6.08 Å². The number of alkyl carbamates (subject to hydrolysis) is 1. The van der Waals surface area contributed by atoms with Gasteiger partial charge in [0.15, 0.2) is 0 Å². The number of Topliss-reactive ketones (excluding diaryl/α,β-unsaturated/α-hetero) is 1. The summed E-state index contributed by atoms with van der Waals surface area (Å²) in [5, 5.41) is 2.66. The van der Waals surface area contributed by atoms with Crippen LogP contribution in [0.3, 0.4) is 0 Å². The molecule has 0 aliphatic carbocycles. The molecule has 1 fully saturated rings. The Labute approximate surface area is 202 Å². The molecule has 0 bridgehead atoms. The van der Waals surface area contributed by atoms with Gasteiger partial charge in [0.25, 0.3) is 5.78 Å². The second kappa shape index (κ2) is 10.3. The first-order chi connectivity index (χ1) is 16.3. The lowest BCUT2D eigenvalue weighted by atomic mass is 9.77. The highest BCUT2D eigenvalue weighted by Gasteiger charge is 2.52. The highest BCUT2D eigenvalue weighted by Crippen LogP contribution is 2.38. The average Bonchev–Trinajstić information content (AvgIpc) is 3.01. The highest BCUT2D eigenvalue weighted by molar-refractivity contribution is 6.56. The van der Waals surface area contributed by atoms with Crippen molar-refractivity contribution in [3.63, 3.8) is 0 Å². The predicted octanol–water partition coefficient (Wildman–Crippen LogP) is 5.37. The van der Waals surface area contributed by atoms with Crippen LogP contribution < -0.4 is 5.32 Å². The molecule has 1 aliphatic rings. The standard InChI is InChI=1S/C25H27BF3NO5/c1-23(2)24(3,4)35-26(34-23)20(15-30-22(32)33-16-18-8-6-5-7-9-18)14-17-10-12-19(13-11-17)21(31)25(27,28)29/h5-14H,15-16H2,1-4H3,(H,30,32). The van der Waals surface area contributed by atoms with Crippen LogP contribution in [-0.4, -0.2) is 42.9 Å². The zero-order valence-electron chi connectivity index (χ0n) is 19.9. The van der Waals surface area contributed by atoms with Gasteiger partial charge in [-0.1, -0.05) is 60.7 Å². The number of amides is 1. The third kappa shape index (κ3) is 6.73. The fraction of sp³-hybridized carbons (Fsp3) is 0.360. The van der Waals surface area contributed by atoms with Crippen molar-refractivity contribution in [2.75, 3.05) is 6.54 Å². The molecule has 1 amide bonds. The maximum atomic E-state index is 12.7. The molecule has 6 nitrogen and oxygen atoms in total. The molecule has 0 atom stereocenters. The largest absolute Gasteiger partial charge is 0.492 e. The van der Waals surface area contributed by atoms with Crippen LogP contribution in [0, 0.1) is 0 Å². The lowest BCUT2D eigenvalue weighted by Gasteiger charge is -2.32. The Morgan fingerprint density at radius 1 is 0.971 bits per heavy atom. The van der Waals surface area contributed by atoms with Gasteiger partial charge in [-0.15, -0.1) is 0 Å². The average molecular weight is 489 g/mol. The second-order valence-electron chi connectivity index (χ2n) is 9.17. The minimum atomic E-state index is -4.95. The number of ketones is 1. The zero-order valence-corrected chi connectivity index (χ0v) is 19.9. The van der Waals surface area contributed by atoms with Crippen LogP contribution in [0.4, 0.5) is 18.0 Å². The summed E-state index contributed by atoms with van der Waals surface area (Å²) in [7, 11) is -0.814. The van der Waals surface area contributed by atoms with E-state index in [1.807, 2.05) is 58.0 Å². The Bertz CT molecular complexity index is 1070. The number of hydrogen-bond acceptors (Lipinski definition) is 5. The zero-order chi connectivity index (χ0) is 25.9. The predicted molar refractivity (Wildman–Crippen MR) is 126 cm³/mol. The Morgan fingerprint density at radius 2 is 1.54 bits per heavy atom. The minimum Gasteiger partial charge on any atom is -0.445 e. The van der Waals surface area contributed by atoms with Crippen LogP contribution in [0.15, 0.2) is 60.1 Å². The Kier molecular flexibility index (Phi) is 7.76. The van der Waals surface area contributed by atoms with Crippen molar-refractivity contribution < 1.29 is 36.8 Å². The Balaban J connectivity index is 1.76. The van der Waals surface area contributed by atoms with E-state index in [0.717, 1.165) is 17.7 Å². The van der Waals surface area contributed by atoms with Gasteiger partial charge in [0, 0.05) is 12.1 Å². The number of nitrogens with one attached hydrogen (secondary N) is 1. The molecule has 1 aliphatic heterocycles. The van der Waals surface area contributed by atoms with E-state index in [2.05, 4.69) is 5.32 Å². The van der Waals surface area contributed by atoms with E-state index in [1.165, 1.54) is 12.1 Å². The van der Waals surface area contributed by atoms with Crippen molar-refractivity contribution in [1.29, 1.82) is 0 Å². The van der Waals surface area contributed by atoms with Gasteiger partial charge in [0.2, 0.25) is 0 Å². The van der Waals surface area contributed by atoms with Crippen molar-refractivity contribution in [2.45, 2.75) is 51.7 Å². The van der Waals surface area contributed by atoms with Gasteiger partial charge in [-0.3, -0.25) is 4.79 Å². The lowest BCUT2D eigenvalue weighted by molar-refractivity contribution is -0.0885. The van der Waals surface area contributed by atoms with Crippen LogP contribution in [0.1, 0.15) is 49.2 Å². The SMILES string of the molecule is CC1(C)OB(C(=Cc2ccc(C(=O)C(F)(F)F)cc2)CNC(=O)OCc2ccccc2)OC1(C)C. The molecule has 0 radical (unpaired) electrons. The van der Waals surface area contributed by atoms with Gasteiger partial charge in [-0.2, -0.15) is 13.2 Å². The number of ether oxygens (including phenoxy) is 1. The molecule has 186 valence electrons. The maximum Gasteiger partial charge on any atom is 0.492 e. The summed E-state index contributed by atoms with van der Waals surface area (Å²) in [6.45, 7) is 7.62. The molecule has 0 spiro atoms. The van der Waals surface area contributed by atoms with Crippen molar-refractivity contribution in [3.05, 3.63) is 76.8 Å². The van der Waals surface area contributed by atoms with Crippen molar-refractivity contribution in [1.82, 2.24) is 5.32 Å². The first-order valence-corrected chi connectivity index (χ1v) is 11.0. The number of halogens is 3. The van der Waals surface area contributed by atoms with Crippen molar-refractivity contribution in [2.24, 2.45) is 0 Å². The van der Waals surface area contributed by atoms with Gasteiger partial charge in [-0.25, -0.2) is 4.79 Å². The third-order valence-electron chi connectivity index (χ3n) is 5.99. The number of benzene rings is 2. The van der Waals surface area contributed by atoms with E-state index in [4.69, 9.17) is 14.0 Å². The molecular weight excluding hydrogens is 462 g/mol. The third-order valence-corrected chi connectivity index (χ3v) is 5.99. The summed E-state index contributed by atoms with van der Waals surface area (Å²) < 4.78 is 55.5. The summed E-state index contributed by atoms with van der Waals surface area (Å²) in [5.41, 5.74) is 0.108. The number of carbonyl (C=O) groups excluding carboxylic acids is 2. The maximum absolute atomic E-state index is 12.7. The summed E-state index contributed by atoms with van der Waals surface area (Å²) in [4.78, 5) is 23.7. The van der Waals surface area contributed by atoms with Gasteiger partial charge >= 0.3 is 19.4 Å². The smallest absolute Gasteiger partial charge is 0.445 e. The quantitative estimate of drug-likeness (QED) is 0.418. The number of carbonyl (C=O) groups is 2. The van der Waals surface area contributed by atoms with E-state index in [0.29, 0.717) is 11.0 Å². The van der Waals surface area contributed by atoms with Crippen molar-refractivity contribution in [3.8, 4) is 0 Å². The first kappa shape index (κ1) is 26.5. The van der Waals surface area contributed by atoms with E-state index >= 15 is 0 Å². The van der Waals surface area contributed by atoms with Crippen LogP contribution in [0.2, 0.25) is 0 Å². The van der Waals surface area contributed by atoms with Crippen LogP contribution >= 0.6 is 0 Å². The lowest BCUT2D eigenvalue weighted by Crippen LogP contribution is -2.41. The fourth-order valence-corrected chi connectivity index (χ4v) is 3.25. The van der Waals surface area contributed by atoms with Gasteiger partial charge in [-0.05, 0) is 44.3 Å². The monoisotopic (exact) mass is 489 g/mol. The molecule has 1 saturated heterocycles. The van der Waals surface area contributed by atoms with Crippen LogP contribution in [0.25, 0.3) is 6.08 Å². The molecular formula is C25H27BF3NO5. The molecule has 2 aromatic rings. The number of rotatable bonds is 7. The van der Waals surface area contributed by atoms with E-state index in [9.17, 15) is 22.8 Å². The first-order valence-electron chi connectivity index (χ1n) is 11.0.